The molecule has 2 N–H and O–H groups in total. The Morgan fingerprint density at radius 2 is 1.75 bits per heavy atom. The Hall–Kier alpha value is -3.26. The molecule has 0 bridgehead atoms. The van der Waals surface area contributed by atoms with Gasteiger partial charge in [-0.1, -0.05) is 12.1 Å². The molecule has 1 aliphatic rings. The van der Waals surface area contributed by atoms with Gasteiger partial charge in [0.2, 0.25) is 0 Å². The first-order valence-corrected chi connectivity index (χ1v) is 10.2. The summed E-state index contributed by atoms with van der Waals surface area (Å²) in [4.78, 5) is 4.37. The van der Waals surface area contributed by atoms with Gasteiger partial charge in [-0.05, 0) is 48.9 Å². The standard InChI is InChI=1S/C20H19N3O4S/c1-14-3-2-4-15(11-14)22-20-8-5-16(13-21-20)23-28(24,25)17-6-7-18-19(12-17)27-10-9-26-18/h2-8,11-13,23H,9-10H2,1H3,(H,21,22). The number of nitrogens with zero attached hydrogens (tertiary/aromatic N) is 1. The Kier molecular flexibility index (Phi) is 4.79. The van der Waals surface area contributed by atoms with Gasteiger partial charge in [0, 0.05) is 11.8 Å². The number of hydrogen-bond acceptors (Lipinski definition) is 6. The van der Waals surface area contributed by atoms with Crippen molar-refractivity contribution in [2.75, 3.05) is 23.3 Å². The van der Waals surface area contributed by atoms with E-state index in [9.17, 15) is 8.42 Å². The van der Waals surface area contributed by atoms with Crippen molar-refractivity contribution in [3.05, 3.63) is 66.4 Å². The fraction of sp³-hybridized carbons (Fsp3) is 0.150. The molecule has 0 spiro atoms. The molecule has 144 valence electrons. The number of sulfonamides is 1. The van der Waals surface area contributed by atoms with Crippen LogP contribution in [0.3, 0.4) is 0 Å². The number of fused-ring (bicyclic) bond motifs is 1. The summed E-state index contributed by atoms with van der Waals surface area (Å²) in [5.41, 5.74) is 2.41. The summed E-state index contributed by atoms with van der Waals surface area (Å²) in [6, 6.07) is 15.8. The van der Waals surface area contributed by atoms with Gasteiger partial charge in [-0.2, -0.15) is 0 Å². The number of pyridine rings is 1. The number of rotatable bonds is 5. The van der Waals surface area contributed by atoms with Crippen molar-refractivity contribution in [3.63, 3.8) is 0 Å². The summed E-state index contributed by atoms with van der Waals surface area (Å²) in [7, 11) is -3.77. The van der Waals surface area contributed by atoms with Gasteiger partial charge < -0.3 is 14.8 Å². The number of hydrogen-bond donors (Lipinski definition) is 2. The molecule has 0 atom stereocenters. The SMILES string of the molecule is Cc1cccc(Nc2ccc(NS(=O)(=O)c3ccc4c(c3)OCCO4)cn2)c1. The molecule has 1 aliphatic heterocycles. The van der Waals surface area contributed by atoms with Gasteiger partial charge in [-0.15, -0.1) is 0 Å². The van der Waals surface area contributed by atoms with E-state index in [2.05, 4.69) is 15.0 Å². The highest BCUT2D eigenvalue weighted by Crippen LogP contribution is 2.32. The van der Waals surface area contributed by atoms with E-state index >= 15 is 0 Å². The average Bonchev–Trinajstić information content (AvgIpc) is 2.69. The molecule has 0 saturated carbocycles. The van der Waals surface area contributed by atoms with E-state index in [-0.39, 0.29) is 4.90 Å². The molecule has 0 amide bonds. The van der Waals surface area contributed by atoms with E-state index in [1.165, 1.54) is 18.3 Å². The topological polar surface area (TPSA) is 89.5 Å². The van der Waals surface area contributed by atoms with E-state index in [4.69, 9.17) is 9.47 Å². The Balaban J connectivity index is 1.49. The first-order chi connectivity index (χ1) is 13.5. The lowest BCUT2D eigenvalue weighted by Gasteiger charge is -2.19. The highest BCUT2D eigenvalue weighted by Gasteiger charge is 2.19. The van der Waals surface area contributed by atoms with Gasteiger partial charge in [0.15, 0.2) is 11.5 Å². The van der Waals surface area contributed by atoms with Crippen molar-refractivity contribution in [1.29, 1.82) is 0 Å². The van der Waals surface area contributed by atoms with Gasteiger partial charge in [-0.3, -0.25) is 4.72 Å². The van der Waals surface area contributed by atoms with Crippen LogP contribution in [0.5, 0.6) is 11.5 Å². The average molecular weight is 397 g/mol. The summed E-state index contributed by atoms with van der Waals surface area (Å²) in [6.45, 7) is 2.85. The molecule has 0 saturated heterocycles. The number of aryl methyl sites for hydroxylation is 1. The summed E-state index contributed by atoms with van der Waals surface area (Å²) >= 11 is 0. The van der Waals surface area contributed by atoms with Crippen molar-refractivity contribution >= 4 is 27.2 Å². The maximum absolute atomic E-state index is 12.6. The van der Waals surface area contributed by atoms with Crippen LogP contribution in [0.2, 0.25) is 0 Å². The van der Waals surface area contributed by atoms with Gasteiger partial charge in [0.25, 0.3) is 10.0 Å². The monoisotopic (exact) mass is 397 g/mol. The third kappa shape index (κ3) is 4.01. The van der Waals surface area contributed by atoms with Crippen molar-refractivity contribution in [1.82, 2.24) is 4.98 Å². The van der Waals surface area contributed by atoms with Crippen LogP contribution < -0.4 is 19.5 Å². The lowest BCUT2D eigenvalue weighted by atomic mass is 10.2. The third-order valence-corrected chi connectivity index (χ3v) is 5.51. The number of benzene rings is 2. The molecule has 2 aromatic carbocycles. The van der Waals surface area contributed by atoms with E-state index in [1.807, 2.05) is 31.2 Å². The molecule has 4 rings (SSSR count). The maximum Gasteiger partial charge on any atom is 0.262 e. The summed E-state index contributed by atoms with van der Waals surface area (Å²) in [5, 5.41) is 3.18. The molecule has 0 fully saturated rings. The van der Waals surface area contributed by atoms with Crippen LogP contribution >= 0.6 is 0 Å². The molecule has 1 aromatic heterocycles. The highest BCUT2D eigenvalue weighted by atomic mass is 32.2. The smallest absolute Gasteiger partial charge is 0.262 e. The van der Waals surface area contributed by atoms with Gasteiger partial charge in [-0.25, -0.2) is 13.4 Å². The van der Waals surface area contributed by atoms with E-state index in [0.717, 1.165) is 11.3 Å². The summed E-state index contributed by atoms with van der Waals surface area (Å²) in [5.74, 6) is 1.58. The zero-order valence-electron chi connectivity index (χ0n) is 15.2. The normalized spacial score (nSPS) is 13.0. The fourth-order valence-electron chi connectivity index (χ4n) is 2.80. The lowest BCUT2D eigenvalue weighted by Crippen LogP contribution is -2.17. The zero-order chi connectivity index (χ0) is 19.6. The van der Waals surface area contributed by atoms with Crippen molar-refractivity contribution in [2.24, 2.45) is 0 Å². The molecule has 2 heterocycles. The molecule has 7 nitrogen and oxygen atoms in total. The van der Waals surface area contributed by atoms with Crippen LogP contribution in [0.4, 0.5) is 17.2 Å². The van der Waals surface area contributed by atoms with Crippen LogP contribution in [0.15, 0.2) is 65.7 Å². The van der Waals surface area contributed by atoms with Gasteiger partial charge >= 0.3 is 0 Å². The van der Waals surface area contributed by atoms with E-state index < -0.39 is 10.0 Å². The molecule has 28 heavy (non-hydrogen) atoms. The molecule has 3 aromatic rings. The molecule has 0 radical (unpaired) electrons. The molecular formula is C20H19N3O4S. The Labute approximate surface area is 163 Å². The second kappa shape index (κ2) is 7.40. The second-order valence-corrected chi connectivity index (χ2v) is 8.02. The van der Waals surface area contributed by atoms with Gasteiger partial charge in [0.1, 0.15) is 19.0 Å². The van der Waals surface area contributed by atoms with Crippen LogP contribution in [-0.2, 0) is 10.0 Å². The fourth-order valence-corrected chi connectivity index (χ4v) is 3.86. The number of aromatic nitrogens is 1. The van der Waals surface area contributed by atoms with Crippen molar-refractivity contribution in [2.45, 2.75) is 11.8 Å². The zero-order valence-corrected chi connectivity index (χ0v) is 16.0. The van der Waals surface area contributed by atoms with E-state index in [0.29, 0.717) is 36.2 Å². The lowest BCUT2D eigenvalue weighted by molar-refractivity contribution is 0.171. The number of ether oxygens (including phenoxy) is 2. The van der Waals surface area contributed by atoms with Crippen LogP contribution in [-0.4, -0.2) is 26.6 Å². The predicted octanol–water partition coefficient (Wildman–Crippen LogP) is 3.71. The van der Waals surface area contributed by atoms with E-state index in [1.54, 1.807) is 18.2 Å². The first kappa shape index (κ1) is 18.1. The number of nitrogens with one attached hydrogen (secondary N) is 2. The van der Waals surface area contributed by atoms with Crippen LogP contribution in [0.1, 0.15) is 5.56 Å². The Morgan fingerprint density at radius 3 is 2.50 bits per heavy atom. The van der Waals surface area contributed by atoms with Gasteiger partial charge in [0.05, 0.1) is 16.8 Å². The minimum absolute atomic E-state index is 0.0960. The number of anilines is 3. The van der Waals surface area contributed by atoms with Crippen LogP contribution in [0, 0.1) is 6.92 Å². The Bertz CT molecular complexity index is 1100. The quantitative estimate of drug-likeness (QED) is 0.682. The predicted molar refractivity (Wildman–Crippen MR) is 107 cm³/mol. The largest absolute Gasteiger partial charge is 0.486 e. The molecule has 0 aliphatic carbocycles. The first-order valence-electron chi connectivity index (χ1n) is 8.72. The summed E-state index contributed by atoms with van der Waals surface area (Å²) in [6.07, 6.45) is 1.47. The Morgan fingerprint density at radius 1 is 0.929 bits per heavy atom. The minimum Gasteiger partial charge on any atom is -0.486 e. The molecular weight excluding hydrogens is 378 g/mol. The maximum atomic E-state index is 12.6. The van der Waals surface area contributed by atoms with Crippen molar-refractivity contribution < 1.29 is 17.9 Å². The summed E-state index contributed by atoms with van der Waals surface area (Å²) < 4.78 is 38.7. The molecule has 8 heteroatoms. The third-order valence-electron chi connectivity index (χ3n) is 4.13. The van der Waals surface area contributed by atoms with Crippen LogP contribution in [0.25, 0.3) is 0 Å². The minimum atomic E-state index is -3.77. The second-order valence-electron chi connectivity index (χ2n) is 6.34. The molecule has 0 unspecified atom stereocenters. The highest BCUT2D eigenvalue weighted by molar-refractivity contribution is 7.92. The van der Waals surface area contributed by atoms with Crippen molar-refractivity contribution in [3.8, 4) is 11.5 Å².